The van der Waals surface area contributed by atoms with Crippen molar-refractivity contribution in [1.29, 1.82) is 0 Å². The van der Waals surface area contributed by atoms with Gasteiger partial charge in [-0.05, 0) is 55.7 Å². The molecule has 2 amide bonds. The van der Waals surface area contributed by atoms with E-state index >= 15 is 0 Å². The highest BCUT2D eigenvalue weighted by atomic mass is 16.6. The second-order valence-electron chi connectivity index (χ2n) is 8.42. The van der Waals surface area contributed by atoms with E-state index in [1.54, 1.807) is 13.8 Å². The summed E-state index contributed by atoms with van der Waals surface area (Å²) in [5.41, 5.74) is 3.60. The van der Waals surface area contributed by atoms with E-state index in [0.29, 0.717) is 18.0 Å². The van der Waals surface area contributed by atoms with Gasteiger partial charge in [0.1, 0.15) is 13.2 Å². The first-order valence-electron chi connectivity index (χ1n) is 10.0. The minimum absolute atomic E-state index is 0.161. The molecule has 0 atom stereocenters. The van der Waals surface area contributed by atoms with Gasteiger partial charge in [-0.25, -0.2) is 9.59 Å². The Morgan fingerprint density at radius 3 is 1.73 bits per heavy atom. The predicted molar refractivity (Wildman–Crippen MR) is 119 cm³/mol. The van der Waals surface area contributed by atoms with E-state index in [1.165, 1.54) is 0 Å². The van der Waals surface area contributed by atoms with Gasteiger partial charge in [0.15, 0.2) is 0 Å². The molecule has 0 fully saturated rings. The van der Waals surface area contributed by atoms with Gasteiger partial charge in [0, 0.05) is 11.4 Å². The third-order valence-corrected chi connectivity index (χ3v) is 4.15. The fraction of sp³-hybridized carbons (Fsp3) is 0.391. The first-order chi connectivity index (χ1) is 14.1. The fourth-order valence-electron chi connectivity index (χ4n) is 2.58. The number of nitrogens with one attached hydrogen (secondary N) is 2. The SMILES string of the molecule is CC(C)OC(=O)Nc1ccc(Cc2ccc(NC(=O)OCC[N+](C)(C)C)cc2)cc1. The van der Waals surface area contributed by atoms with Gasteiger partial charge in [0.25, 0.3) is 0 Å². The number of likely N-dealkylation sites (N-methyl/N-ethyl adjacent to an activating group) is 1. The lowest BCUT2D eigenvalue weighted by atomic mass is 10.0. The van der Waals surface area contributed by atoms with Crippen molar-refractivity contribution in [3.05, 3.63) is 59.7 Å². The van der Waals surface area contributed by atoms with Gasteiger partial charge < -0.3 is 14.0 Å². The number of benzene rings is 2. The molecule has 2 aromatic rings. The zero-order valence-corrected chi connectivity index (χ0v) is 18.4. The van der Waals surface area contributed by atoms with Crippen LogP contribution in [0.3, 0.4) is 0 Å². The molecule has 0 spiro atoms. The molecule has 0 aliphatic rings. The molecule has 0 radical (unpaired) electrons. The van der Waals surface area contributed by atoms with Crippen LogP contribution in [0.5, 0.6) is 0 Å². The van der Waals surface area contributed by atoms with E-state index in [4.69, 9.17) is 9.47 Å². The maximum absolute atomic E-state index is 11.9. The molecule has 0 unspecified atom stereocenters. The summed E-state index contributed by atoms with van der Waals surface area (Å²) in [6, 6.07) is 15.3. The van der Waals surface area contributed by atoms with Crippen LogP contribution in [0, 0.1) is 0 Å². The maximum atomic E-state index is 11.9. The number of quaternary nitrogens is 1. The van der Waals surface area contributed by atoms with Gasteiger partial charge in [-0.15, -0.1) is 0 Å². The number of nitrogens with zero attached hydrogens (tertiary/aromatic N) is 1. The Morgan fingerprint density at radius 2 is 1.30 bits per heavy atom. The largest absolute Gasteiger partial charge is 0.447 e. The van der Waals surface area contributed by atoms with E-state index in [0.717, 1.165) is 28.6 Å². The lowest BCUT2D eigenvalue weighted by Gasteiger charge is -2.23. The van der Waals surface area contributed by atoms with Crippen LogP contribution < -0.4 is 10.6 Å². The molecule has 2 N–H and O–H groups in total. The predicted octanol–water partition coefficient (Wildman–Crippen LogP) is 4.49. The van der Waals surface area contributed by atoms with E-state index in [2.05, 4.69) is 10.6 Å². The van der Waals surface area contributed by atoms with E-state index < -0.39 is 12.2 Å². The lowest BCUT2D eigenvalue weighted by Crippen LogP contribution is -2.38. The van der Waals surface area contributed by atoms with Crippen LogP contribution in [0.15, 0.2) is 48.5 Å². The summed E-state index contributed by atoms with van der Waals surface area (Å²) in [5, 5.41) is 5.44. The minimum atomic E-state index is -0.461. The Bertz CT molecular complexity index is 825. The Hall–Kier alpha value is -3.06. The average Bonchev–Trinajstić information content (AvgIpc) is 2.63. The number of hydrogen-bond donors (Lipinski definition) is 2. The summed E-state index contributed by atoms with van der Waals surface area (Å²) in [7, 11) is 6.14. The smallest absolute Gasteiger partial charge is 0.411 e. The molecular formula is C23H32N3O4+. The van der Waals surface area contributed by atoms with Crippen LogP contribution in [0.2, 0.25) is 0 Å². The molecule has 0 aromatic heterocycles. The Labute approximate surface area is 178 Å². The highest BCUT2D eigenvalue weighted by molar-refractivity contribution is 5.85. The van der Waals surface area contributed by atoms with Crippen molar-refractivity contribution in [3.8, 4) is 0 Å². The van der Waals surface area contributed by atoms with E-state index in [1.807, 2.05) is 69.7 Å². The highest BCUT2D eigenvalue weighted by Crippen LogP contribution is 2.16. The summed E-state index contributed by atoms with van der Waals surface area (Å²) >= 11 is 0. The number of ether oxygens (including phenoxy) is 2. The standard InChI is InChI=1S/C23H31N3O4/c1-17(2)30-23(28)25-21-12-8-19(9-13-21)16-18-6-10-20(11-7-18)24-22(27)29-15-14-26(3,4)5/h6-13,17H,14-16H2,1-5H3,(H-,24,25,27,28)/p+1. The number of anilines is 2. The van der Waals surface area contributed by atoms with Gasteiger partial charge in [-0.1, -0.05) is 24.3 Å². The quantitative estimate of drug-likeness (QED) is 0.624. The third-order valence-electron chi connectivity index (χ3n) is 4.15. The van der Waals surface area contributed by atoms with Gasteiger partial charge in [0.2, 0.25) is 0 Å². The molecule has 7 heteroatoms. The normalized spacial score (nSPS) is 11.1. The molecule has 0 aliphatic carbocycles. The van der Waals surface area contributed by atoms with E-state index in [9.17, 15) is 9.59 Å². The average molecular weight is 415 g/mol. The van der Waals surface area contributed by atoms with Crippen molar-refractivity contribution in [2.45, 2.75) is 26.4 Å². The van der Waals surface area contributed by atoms with Crippen LogP contribution in [0.4, 0.5) is 21.0 Å². The number of carbonyl (C=O) groups is 2. The van der Waals surface area contributed by atoms with Gasteiger partial charge in [0.05, 0.1) is 27.2 Å². The molecule has 2 rings (SSSR count). The Morgan fingerprint density at radius 1 is 0.833 bits per heavy atom. The van der Waals surface area contributed by atoms with Crippen LogP contribution in [-0.4, -0.2) is 57.1 Å². The van der Waals surface area contributed by atoms with Crippen molar-refractivity contribution in [3.63, 3.8) is 0 Å². The van der Waals surface area contributed by atoms with Crippen LogP contribution in [0.25, 0.3) is 0 Å². The molecule has 7 nitrogen and oxygen atoms in total. The van der Waals surface area contributed by atoms with Crippen LogP contribution in [0.1, 0.15) is 25.0 Å². The molecule has 0 bridgehead atoms. The summed E-state index contributed by atoms with van der Waals surface area (Å²) in [4.78, 5) is 23.5. The summed E-state index contributed by atoms with van der Waals surface area (Å²) in [6.45, 7) is 4.73. The molecule has 30 heavy (non-hydrogen) atoms. The zero-order chi connectivity index (χ0) is 22.1. The summed E-state index contributed by atoms with van der Waals surface area (Å²) in [6.07, 6.45) is -0.330. The number of hydrogen-bond acceptors (Lipinski definition) is 4. The molecular weight excluding hydrogens is 382 g/mol. The second kappa shape index (κ2) is 10.6. The highest BCUT2D eigenvalue weighted by Gasteiger charge is 2.10. The van der Waals surface area contributed by atoms with Crippen molar-refractivity contribution in [2.75, 3.05) is 44.9 Å². The fourth-order valence-corrected chi connectivity index (χ4v) is 2.58. The first kappa shape index (κ1) is 23.2. The summed E-state index contributed by atoms with van der Waals surface area (Å²) < 4.78 is 11.0. The molecule has 0 aliphatic heterocycles. The van der Waals surface area contributed by atoms with Crippen molar-refractivity contribution in [2.24, 2.45) is 0 Å². The Balaban J connectivity index is 1.82. The van der Waals surface area contributed by atoms with Gasteiger partial charge >= 0.3 is 12.2 Å². The molecule has 2 aromatic carbocycles. The van der Waals surface area contributed by atoms with Crippen LogP contribution in [-0.2, 0) is 15.9 Å². The number of amides is 2. The maximum Gasteiger partial charge on any atom is 0.411 e. The zero-order valence-electron chi connectivity index (χ0n) is 18.4. The summed E-state index contributed by atoms with van der Waals surface area (Å²) in [5.74, 6) is 0. The minimum Gasteiger partial charge on any atom is -0.447 e. The molecule has 0 heterocycles. The third kappa shape index (κ3) is 8.96. The first-order valence-corrected chi connectivity index (χ1v) is 10.0. The van der Waals surface area contributed by atoms with Gasteiger partial charge in [-0.3, -0.25) is 10.6 Å². The van der Waals surface area contributed by atoms with Crippen molar-refractivity contribution < 1.29 is 23.5 Å². The number of rotatable bonds is 8. The van der Waals surface area contributed by atoms with Gasteiger partial charge in [-0.2, -0.15) is 0 Å². The monoisotopic (exact) mass is 414 g/mol. The van der Waals surface area contributed by atoms with Crippen molar-refractivity contribution >= 4 is 23.6 Å². The second-order valence-corrected chi connectivity index (χ2v) is 8.42. The lowest BCUT2D eigenvalue weighted by molar-refractivity contribution is -0.870. The van der Waals surface area contributed by atoms with Crippen LogP contribution >= 0.6 is 0 Å². The van der Waals surface area contributed by atoms with Crippen molar-refractivity contribution in [1.82, 2.24) is 0 Å². The molecule has 0 saturated carbocycles. The topological polar surface area (TPSA) is 76.7 Å². The number of carbonyl (C=O) groups excluding carboxylic acids is 2. The molecule has 162 valence electrons. The van der Waals surface area contributed by atoms with E-state index in [-0.39, 0.29) is 6.10 Å². The molecule has 0 saturated heterocycles. The Kier molecular flexibility index (Phi) is 8.24.